The molecule has 0 bridgehead atoms. The summed E-state index contributed by atoms with van der Waals surface area (Å²) < 4.78 is 0. The lowest BCUT2D eigenvalue weighted by atomic mass is 10.1. The summed E-state index contributed by atoms with van der Waals surface area (Å²) in [6, 6.07) is 0. The van der Waals surface area contributed by atoms with Crippen LogP contribution in [0.25, 0.3) is 0 Å². The lowest BCUT2D eigenvalue weighted by Crippen LogP contribution is -2.29. The molecule has 0 aromatic heterocycles. The highest BCUT2D eigenvalue weighted by Gasteiger charge is 2.06. The van der Waals surface area contributed by atoms with E-state index in [1.165, 1.54) is 108 Å². The summed E-state index contributed by atoms with van der Waals surface area (Å²) in [6.45, 7) is 18.5. The zero-order valence-electron chi connectivity index (χ0n) is 24.5. The molecule has 0 aliphatic rings. The van der Waals surface area contributed by atoms with Crippen molar-refractivity contribution in [2.75, 3.05) is 40.3 Å². The standard InChI is InChI=1S/C32H60N2/c1-9-18-30(4)22-16-24-32(6)20-12-14-27-34(28-17-25-33(7)8)26-13-11-19-31(5)23-15-21-29(3)10-2/h10,18,23-24H,9,11-17,19-22,25-28H2,1-8H3/b29-10+,30-18+,31-23+,32-24+. The van der Waals surface area contributed by atoms with Gasteiger partial charge in [0, 0.05) is 0 Å². The Labute approximate surface area is 215 Å². The molecule has 0 spiro atoms. The second kappa shape index (κ2) is 22.4. The van der Waals surface area contributed by atoms with Crippen molar-refractivity contribution >= 4 is 0 Å². The quantitative estimate of drug-likeness (QED) is 0.121. The Bertz CT molecular complexity index is 607. The van der Waals surface area contributed by atoms with Crippen LogP contribution in [0, 0.1) is 0 Å². The second-order valence-electron chi connectivity index (χ2n) is 10.7. The number of rotatable bonds is 21. The summed E-state index contributed by atoms with van der Waals surface area (Å²) in [7, 11) is 4.37. The van der Waals surface area contributed by atoms with E-state index in [0.717, 1.165) is 6.42 Å². The van der Waals surface area contributed by atoms with E-state index in [4.69, 9.17) is 0 Å². The van der Waals surface area contributed by atoms with Gasteiger partial charge in [0.2, 0.25) is 0 Å². The SMILES string of the molecule is C/C=C(\C)CC/C=C(\C)CCCCN(CCCC/C(C)=C/CC/C(C)=C/CC)CCCN(C)C. The molecule has 0 aliphatic carbocycles. The summed E-state index contributed by atoms with van der Waals surface area (Å²) in [4.78, 5) is 5.04. The number of hydrogen-bond donors (Lipinski definition) is 0. The Hall–Kier alpha value is -1.12. The van der Waals surface area contributed by atoms with Crippen LogP contribution in [0.1, 0.15) is 119 Å². The molecule has 0 amide bonds. The average molecular weight is 473 g/mol. The summed E-state index contributed by atoms with van der Waals surface area (Å²) in [6.07, 6.45) is 24.6. The van der Waals surface area contributed by atoms with Gasteiger partial charge in [-0.1, -0.05) is 53.5 Å². The van der Waals surface area contributed by atoms with Gasteiger partial charge in [-0.25, -0.2) is 0 Å². The third-order valence-electron chi connectivity index (χ3n) is 6.78. The minimum Gasteiger partial charge on any atom is -0.309 e. The Morgan fingerprint density at radius 2 is 1.03 bits per heavy atom. The third kappa shape index (κ3) is 21.4. The van der Waals surface area contributed by atoms with Gasteiger partial charge in [-0.15, -0.1) is 0 Å². The molecule has 0 atom stereocenters. The smallest absolute Gasteiger partial charge is 0.000655 e. The van der Waals surface area contributed by atoms with Gasteiger partial charge in [-0.3, -0.25) is 0 Å². The van der Waals surface area contributed by atoms with Gasteiger partial charge in [0.15, 0.2) is 0 Å². The monoisotopic (exact) mass is 472 g/mol. The zero-order chi connectivity index (χ0) is 25.6. The van der Waals surface area contributed by atoms with E-state index in [2.05, 4.69) is 89.7 Å². The largest absolute Gasteiger partial charge is 0.309 e. The van der Waals surface area contributed by atoms with Gasteiger partial charge in [-0.05, 0) is 152 Å². The average Bonchev–Trinajstić information content (AvgIpc) is 2.78. The van der Waals surface area contributed by atoms with Crippen LogP contribution in [0.2, 0.25) is 0 Å². The molecule has 0 fully saturated rings. The van der Waals surface area contributed by atoms with Crippen LogP contribution in [-0.2, 0) is 0 Å². The van der Waals surface area contributed by atoms with Gasteiger partial charge in [-0.2, -0.15) is 0 Å². The van der Waals surface area contributed by atoms with Crippen molar-refractivity contribution < 1.29 is 0 Å². The predicted octanol–water partition coefficient (Wildman–Crippen LogP) is 9.36. The van der Waals surface area contributed by atoms with E-state index >= 15 is 0 Å². The molecule has 2 nitrogen and oxygen atoms in total. The summed E-state index contributed by atoms with van der Waals surface area (Å²) in [5.41, 5.74) is 6.19. The van der Waals surface area contributed by atoms with Crippen molar-refractivity contribution in [2.45, 2.75) is 119 Å². The second-order valence-corrected chi connectivity index (χ2v) is 10.7. The van der Waals surface area contributed by atoms with Crippen LogP contribution in [0.5, 0.6) is 0 Å². The van der Waals surface area contributed by atoms with E-state index < -0.39 is 0 Å². The molecule has 0 saturated carbocycles. The number of unbranched alkanes of at least 4 members (excludes halogenated alkanes) is 2. The minimum absolute atomic E-state index is 1.16. The fraction of sp³-hybridized carbons (Fsp3) is 0.750. The van der Waals surface area contributed by atoms with E-state index in [0.29, 0.717) is 0 Å². The van der Waals surface area contributed by atoms with Crippen LogP contribution < -0.4 is 0 Å². The molecular formula is C32H60N2. The van der Waals surface area contributed by atoms with E-state index in [-0.39, 0.29) is 0 Å². The van der Waals surface area contributed by atoms with Crippen LogP contribution in [-0.4, -0.2) is 50.1 Å². The van der Waals surface area contributed by atoms with Crippen LogP contribution in [0.4, 0.5) is 0 Å². The number of allylic oxidation sites excluding steroid dienone is 8. The number of nitrogens with zero attached hydrogens (tertiary/aromatic N) is 2. The minimum atomic E-state index is 1.16. The van der Waals surface area contributed by atoms with Gasteiger partial charge in [0.05, 0.1) is 0 Å². The highest BCUT2D eigenvalue weighted by atomic mass is 15.1. The van der Waals surface area contributed by atoms with Crippen LogP contribution in [0.15, 0.2) is 46.6 Å². The molecule has 0 radical (unpaired) electrons. The van der Waals surface area contributed by atoms with Crippen molar-refractivity contribution in [3.8, 4) is 0 Å². The van der Waals surface area contributed by atoms with E-state index in [1.54, 1.807) is 11.1 Å². The molecule has 0 aromatic carbocycles. The maximum Gasteiger partial charge on any atom is -0.000655 e. The molecule has 198 valence electrons. The maximum atomic E-state index is 2.73. The zero-order valence-corrected chi connectivity index (χ0v) is 24.5. The topological polar surface area (TPSA) is 6.48 Å². The first-order valence-corrected chi connectivity index (χ1v) is 14.2. The van der Waals surface area contributed by atoms with Crippen molar-refractivity contribution in [3.05, 3.63) is 46.6 Å². The van der Waals surface area contributed by atoms with Gasteiger partial charge in [0.1, 0.15) is 0 Å². The summed E-state index contributed by atoms with van der Waals surface area (Å²) >= 11 is 0. The predicted molar refractivity (Wildman–Crippen MR) is 157 cm³/mol. The molecule has 0 saturated heterocycles. The molecular weight excluding hydrogens is 412 g/mol. The van der Waals surface area contributed by atoms with Crippen LogP contribution in [0.3, 0.4) is 0 Å². The molecule has 0 N–H and O–H groups in total. The fourth-order valence-electron chi connectivity index (χ4n) is 4.32. The first kappa shape index (κ1) is 32.9. The van der Waals surface area contributed by atoms with Gasteiger partial charge in [0.25, 0.3) is 0 Å². The molecule has 0 aromatic rings. The van der Waals surface area contributed by atoms with Crippen LogP contribution >= 0.6 is 0 Å². The molecule has 0 heterocycles. The Kier molecular flexibility index (Phi) is 21.6. The van der Waals surface area contributed by atoms with Crippen molar-refractivity contribution in [2.24, 2.45) is 0 Å². The molecule has 34 heavy (non-hydrogen) atoms. The Balaban J connectivity index is 4.28. The first-order valence-electron chi connectivity index (χ1n) is 14.2. The summed E-state index contributed by atoms with van der Waals surface area (Å²) in [5, 5.41) is 0. The lowest BCUT2D eigenvalue weighted by molar-refractivity contribution is 0.246. The lowest BCUT2D eigenvalue weighted by Gasteiger charge is -2.23. The maximum absolute atomic E-state index is 2.73. The Morgan fingerprint density at radius 1 is 0.559 bits per heavy atom. The van der Waals surface area contributed by atoms with Gasteiger partial charge < -0.3 is 9.80 Å². The van der Waals surface area contributed by atoms with Crippen molar-refractivity contribution in [3.63, 3.8) is 0 Å². The molecule has 0 rings (SSSR count). The Morgan fingerprint density at radius 3 is 1.50 bits per heavy atom. The normalized spacial score (nSPS) is 14.1. The molecule has 2 heteroatoms. The molecule has 0 unspecified atom stereocenters. The third-order valence-corrected chi connectivity index (χ3v) is 6.78. The van der Waals surface area contributed by atoms with Crippen molar-refractivity contribution in [1.29, 1.82) is 0 Å². The number of hydrogen-bond acceptors (Lipinski definition) is 2. The highest BCUT2D eigenvalue weighted by Crippen LogP contribution is 2.14. The first-order chi connectivity index (χ1) is 16.3. The van der Waals surface area contributed by atoms with Crippen molar-refractivity contribution in [1.82, 2.24) is 9.80 Å². The van der Waals surface area contributed by atoms with E-state index in [9.17, 15) is 0 Å². The van der Waals surface area contributed by atoms with E-state index in [1.807, 2.05) is 0 Å². The fourth-order valence-corrected chi connectivity index (χ4v) is 4.32. The van der Waals surface area contributed by atoms with Gasteiger partial charge >= 0.3 is 0 Å². The highest BCUT2D eigenvalue weighted by molar-refractivity contribution is 5.04. The summed E-state index contributed by atoms with van der Waals surface area (Å²) in [5.74, 6) is 0. The molecule has 0 aliphatic heterocycles.